The molecular weight excluding hydrogens is 491 g/mol. The fraction of sp³-hybridized carbons (Fsp3) is 0.448. The minimum atomic E-state index is -1.20. The summed E-state index contributed by atoms with van der Waals surface area (Å²) in [7, 11) is 0. The van der Waals surface area contributed by atoms with Crippen molar-refractivity contribution < 1.29 is 33.4 Å². The number of halogens is 1. The largest absolute Gasteiger partial charge is 0.479 e. The van der Waals surface area contributed by atoms with Crippen molar-refractivity contribution in [2.45, 2.75) is 44.8 Å². The quantitative estimate of drug-likeness (QED) is 0.529. The maximum absolute atomic E-state index is 13.6. The van der Waals surface area contributed by atoms with E-state index >= 15 is 0 Å². The molecule has 1 aliphatic heterocycles. The van der Waals surface area contributed by atoms with Gasteiger partial charge in [-0.25, -0.2) is 14.0 Å². The van der Waals surface area contributed by atoms with E-state index in [9.17, 15) is 18.8 Å². The molecule has 2 aromatic rings. The van der Waals surface area contributed by atoms with Crippen LogP contribution in [-0.4, -0.2) is 46.9 Å². The van der Waals surface area contributed by atoms with Crippen LogP contribution < -0.4 is 5.32 Å². The number of fused-ring (bicyclic) bond motifs is 2. The summed E-state index contributed by atoms with van der Waals surface area (Å²) in [5.41, 5.74) is 2.37. The lowest BCUT2D eigenvalue weighted by Gasteiger charge is -2.47. The maximum Gasteiger partial charge on any atom is 0.407 e. The summed E-state index contributed by atoms with van der Waals surface area (Å²) in [6.07, 6.45) is 7.99. The lowest BCUT2D eigenvalue weighted by molar-refractivity contribution is -0.144. The Morgan fingerprint density at radius 2 is 2.05 bits per heavy atom. The first-order valence-electron chi connectivity index (χ1n) is 13.0. The SMILES string of the molecule is C[C@H]1OC(=O)[C@@H]2C[C@@H]3C[C@H](NC(=O)OCC(=O)O)CC[C@H]3C(/C=C/c3ccc(-c4cccc(F)c4)cn3)[C@H]12. The van der Waals surface area contributed by atoms with E-state index in [1.54, 1.807) is 12.3 Å². The van der Waals surface area contributed by atoms with Crippen LogP contribution in [-0.2, 0) is 19.1 Å². The number of aliphatic carboxylic acids is 1. The van der Waals surface area contributed by atoms with Crippen molar-refractivity contribution in [2.75, 3.05) is 6.61 Å². The van der Waals surface area contributed by atoms with Gasteiger partial charge in [-0.3, -0.25) is 9.78 Å². The highest BCUT2D eigenvalue weighted by Crippen LogP contribution is 2.53. The van der Waals surface area contributed by atoms with E-state index in [4.69, 9.17) is 14.6 Å². The molecule has 1 unspecified atom stereocenters. The van der Waals surface area contributed by atoms with Gasteiger partial charge in [-0.05, 0) is 80.2 Å². The topological polar surface area (TPSA) is 115 Å². The van der Waals surface area contributed by atoms with Crippen LogP contribution in [0.1, 0.15) is 38.3 Å². The molecule has 1 aromatic carbocycles. The number of carbonyl (C=O) groups excluding carboxylic acids is 2. The highest BCUT2D eigenvalue weighted by Gasteiger charge is 2.54. The smallest absolute Gasteiger partial charge is 0.407 e. The second-order valence-corrected chi connectivity index (χ2v) is 10.5. The molecule has 3 fully saturated rings. The highest BCUT2D eigenvalue weighted by atomic mass is 19.1. The molecule has 0 spiro atoms. The summed E-state index contributed by atoms with van der Waals surface area (Å²) < 4.78 is 24.0. The predicted octanol–water partition coefficient (Wildman–Crippen LogP) is 4.69. The molecule has 5 rings (SSSR count). The number of carbonyl (C=O) groups is 3. The van der Waals surface area contributed by atoms with Gasteiger partial charge in [0.25, 0.3) is 0 Å². The van der Waals surface area contributed by atoms with E-state index in [0.29, 0.717) is 18.8 Å². The Labute approximate surface area is 220 Å². The third-order valence-corrected chi connectivity index (χ3v) is 8.23. The van der Waals surface area contributed by atoms with Crippen molar-refractivity contribution in [1.29, 1.82) is 0 Å². The average Bonchev–Trinajstić information content (AvgIpc) is 3.18. The number of rotatable bonds is 6. The molecule has 2 N–H and O–H groups in total. The van der Waals surface area contributed by atoms with Gasteiger partial charge in [0.1, 0.15) is 11.9 Å². The van der Waals surface area contributed by atoms with Crippen LogP contribution in [0.25, 0.3) is 17.2 Å². The Morgan fingerprint density at radius 1 is 1.21 bits per heavy atom. The van der Waals surface area contributed by atoms with Gasteiger partial charge in [0.15, 0.2) is 6.61 Å². The standard InChI is InChI=1S/C29H31FN2O6/c1-16-27-24(10-7-21-6-5-18(14-31-21)17-3-2-4-20(30)11-17)23-9-8-22(32-29(36)37-15-26(33)34)12-19(23)13-25(27)28(35)38-16/h2-7,10-11,14,16,19,22-25,27H,8-9,12-13,15H2,1H3,(H,32,36)(H,33,34)/b10-7+/t16-,19+,22-,23-,24?,25-,27+/m1/s1. The van der Waals surface area contributed by atoms with Crippen molar-refractivity contribution >= 4 is 24.1 Å². The Kier molecular flexibility index (Phi) is 7.44. The number of hydrogen-bond donors (Lipinski definition) is 2. The molecular formula is C29H31FN2O6. The number of allylic oxidation sites excluding steroid dienone is 1. The van der Waals surface area contributed by atoms with Crippen LogP contribution >= 0.6 is 0 Å². The molecule has 1 aromatic heterocycles. The number of aromatic nitrogens is 1. The summed E-state index contributed by atoms with van der Waals surface area (Å²) in [6, 6.07) is 10.1. The van der Waals surface area contributed by atoms with Crippen LogP contribution in [0, 0.1) is 35.4 Å². The van der Waals surface area contributed by atoms with Crippen LogP contribution in [0.5, 0.6) is 0 Å². The molecule has 9 heteroatoms. The maximum atomic E-state index is 13.6. The molecule has 1 saturated heterocycles. The van der Waals surface area contributed by atoms with Crippen molar-refractivity contribution in [3.8, 4) is 11.1 Å². The van der Waals surface area contributed by atoms with E-state index in [2.05, 4.69) is 16.4 Å². The van der Waals surface area contributed by atoms with Gasteiger partial charge < -0.3 is 19.9 Å². The third kappa shape index (κ3) is 5.56. The van der Waals surface area contributed by atoms with Crippen LogP contribution in [0.2, 0.25) is 0 Å². The molecule has 2 saturated carbocycles. The third-order valence-electron chi connectivity index (χ3n) is 8.23. The summed E-state index contributed by atoms with van der Waals surface area (Å²) in [6.45, 7) is 1.28. The van der Waals surface area contributed by atoms with E-state index in [-0.39, 0.29) is 47.6 Å². The first-order chi connectivity index (χ1) is 18.3. The number of hydrogen-bond acceptors (Lipinski definition) is 6. The average molecular weight is 523 g/mol. The van der Waals surface area contributed by atoms with Crippen LogP contribution in [0.4, 0.5) is 9.18 Å². The van der Waals surface area contributed by atoms with Crippen LogP contribution in [0.15, 0.2) is 48.7 Å². The number of alkyl carbamates (subject to hydrolysis) is 1. The minimum absolute atomic E-state index is 0.0802. The van der Waals surface area contributed by atoms with Gasteiger partial charge in [0.05, 0.1) is 11.6 Å². The number of esters is 1. The van der Waals surface area contributed by atoms with Gasteiger partial charge in [-0.15, -0.1) is 0 Å². The molecule has 2 aliphatic carbocycles. The monoisotopic (exact) mass is 522 g/mol. The zero-order valence-corrected chi connectivity index (χ0v) is 21.1. The number of ether oxygens (including phenoxy) is 2. The fourth-order valence-corrected chi connectivity index (χ4v) is 6.63. The number of pyridine rings is 1. The minimum Gasteiger partial charge on any atom is -0.479 e. The molecule has 3 aliphatic rings. The first-order valence-corrected chi connectivity index (χ1v) is 13.0. The molecule has 1 amide bonds. The number of nitrogens with one attached hydrogen (secondary N) is 1. The van der Waals surface area contributed by atoms with Crippen molar-refractivity contribution in [3.63, 3.8) is 0 Å². The summed E-state index contributed by atoms with van der Waals surface area (Å²) in [5.74, 6) is -1.12. The number of nitrogens with zero attached hydrogens (tertiary/aromatic N) is 1. The van der Waals surface area contributed by atoms with Gasteiger partial charge >= 0.3 is 18.0 Å². The molecule has 0 bridgehead atoms. The summed E-state index contributed by atoms with van der Waals surface area (Å²) >= 11 is 0. The Bertz CT molecular complexity index is 1230. The van der Waals surface area contributed by atoms with E-state index < -0.39 is 18.7 Å². The lowest BCUT2D eigenvalue weighted by atomic mass is 9.57. The Morgan fingerprint density at radius 3 is 2.79 bits per heavy atom. The van der Waals surface area contributed by atoms with Crippen molar-refractivity contribution in [2.24, 2.45) is 29.6 Å². The molecule has 38 heavy (non-hydrogen) atoms. The zero-order valence-electron chi connectivity index (χ0n) is 21.1. The van der Waals surface area contributed by atoms with Crippen LogP contribution in [0.3, 0.4) is 0 Å². The second kappa shape index (κ2) is 10.9. The summed E-state index contributed by atoms with van der Waals surface area (Å²) in [5, 5.41) is 11.5. The molecule has 7 atom stereocenters. The second-order valence-electron chi connectivity index (χ2n) is 10.5. The van der Waals surface area contributed by atoms with Gasteiger partial charge in [-0.2, -0.15) is 0 Å². The zero-order chi connectivity index (χ0) is 26.8. The Balaban J connectivity index is 1.31. The van der Waals surface area contributed by atoms with Gasteiger partial charge in [-0.1, -0.05) is 24.3 Å². The molecule has 8 nitrogen and oxygen atoms in total. The molecule has 2 heterocycles. The first kappa shape index (κ1) is 25.9. The van der Waals surface area contributed by atoms with Crippen molar-refractivity contribution in [3.05, 3.63) is 60.2 Å². The Hall–Kier alpha value is -3.75. The fourth-order valence-electron chi connectivity index (χ4n) is 6.63. The van der Waals surface area contributed by atoms with E-state index in [1.807, 2.05) is 31.2 Å². The lowest BCUT2D eigenvalue weighted by Crippen LogP contribution is -2.48. The van der Waals surface area contributed by atoms with Crippen molar-refractivity contribution in [1.82, 2.24) is 10.3 Å². The van der Waals surface area contributed by atoms with Gasteiger partial charge in [0.2, 0.25) is 0 Å². The number of carboxylic acids is 1. The normalized spacial score (nSPS) is 30.3. The number of benzene rings is 1. The molecule has 200 valence electrons. The van der Waals surface area contributed by atoms with E-state index in [0.717, 1.165) is 29.7 Å². The number of amides is 1. The number of carboxylic acid groups (broad SMARTS) is 1. The van der Waals surface area contributed by atoms with Gasteiger partial charge in [0, 0.05) is 23.7 Å². The number of cyclic esters (lactones) is 1. The summed E-state index contributed by atoms with van der Waals surface area (Å²) in [4.78, 5) is 39.9. The molecule has 0 radical (unpaired) electrons. The predicted molar refractivity (Wildman–Crippen MR) is 136 cm³/mol. The highest BCUT2D eigenvalue weighted by molar-refractivity contribution is 5.76. The van der Waals surface area contributed by atoms with E-state index in [1.165, 1.54) is 12.1 Å².